The molecule has 3 rings (SSSR count). The molecule has 2 aromatic rings. The summed E-state index contributed by atoms with van der Waals surface area (Å²) in [5, 5.41) is 14.7. The Balaban J connectivity index is 1.90. The largest absolute Gasteiger partial charge is 0.481 e. The first-order valence-corrected chi connectivity index (χ1v) is 9.66. The standard InChI is InChI=1S/C16H19N5O5S/c1-26-16-5-2-12(11-18-16)19-27(24,25)13-3-4-14(15(10-13)21(22)23)20-8-6-17-7-9-20/h2-5,10-11,17,19H,6-9H2,1H3. The van der Waals surface area contributed by atoms with E-state index in [9.17, 15) is 18.5 Å². The normalized spacial score (nSPS) is 14.6. The van der Waals surface area contributed by atoms with Gasteiger partial charge >= 0.3 is 0 Å². The molecule has 0 atom stereocenters. The van der Waals surface area contributed by atoms with Crippen LogP contribution in [0.5, 0.6) is 5.88 Å². The van der Waals surface area contributed by atoms with Gasteiger partial charge in [0, 0.05) is 38.3 Å². The van der Waals surface area contributed by atoms with Crippen molar-refractivity contribution < 1.29 is 18.1 Å². The Morgan fingerprint density at radius 3 is 2.59 bits per heavy atom. The van der Waals surface area contributed by atoms with Gasteiger partial charge in [0.15, 0.2) is 0 Å². The highest BCUT2D eigenvalue weighted by Gasteiger charge is 2.25. The monoisotopic (exact) mass is 393 g/mol. The zero-order chi connectivity index (χ0) is 19.4. The van der Waals surface area contributed by atoms with Gasteiger partial charge in [-0.1, -0.05) is 0 Å². The lowest BCUT2D eigenvalue weighted by molar-refractivity contribution is -0.384. The Bertz CT molecular complexity index is 927. The SMILES string of the molecule is COc1ccc(NS(=O)(=O)c2ccc(N3CCNCC3)c([N+](=O)[O-])c2)cn1. The first-order chi connectivity index (χ1) is 12.9. The van der Waals surface area contributed by atoms with Crippen LogP contribution in [0.25, 0.3) is 0 Å². The van der Waals surface area contributed by atoms with Crippen molar-refractivity contribution in [1.29, 1.82) is 0 Å². The number of nitro groups is 1. The van der Waals surface area contributed by atoms with Crippen LogP contribution in [0.4, 0.5) is 17.1 Å². The summed E-state index contributed by atoms with van der Waals surface area (Å²) >= 11 is 0. The summed E-state index contributed by atoms with van der Waals surface area (Å²) in [5.41, 5.74) is 0.392. The zero-order valence-electron chi connectivity index (χ0n) is 14.6. The van der Waals surface area contributed by atoms with Gasteiger partial charge in [-0.05, 0) is 18.2 Å². The van der Waals surface area contributed by atoms with Gasteiger partial charge in [0.1, 0.15) is 5.69 Å². The molecule has 0 amide bonds. The van der Waals surface area contributed by atoms with E-state index >= 15 is 0 Å². The maximum atomic E-state index is 12.6. The number of nitro benzene ring substituents is 1. The average molecular weight is 393 g/mol. The van der Waals surface area contributed by atoms with E-state index in [1.807, 2.05) is 4.90 Å². The molecule has 1 aromatic carbocycles. The van der Waals surface area contributed by atoms with Gasteiger partial charge in [-0.3, -0.25) is 14.8 Å². The number of hydrogen-bond donors (Lipinski definition) is 2. The first-order valence-electron chi connectivity index (χ1n) is 8.18. The van der Waals surface area contributed by atoms with Gasteiger partial charge in [-0.15, -0.1) is 0 Å². The van der Waals surface area contributed by atoms with Crippen molar-refractivity contribution in [2.45, 2.75) is 4.90 Å². The van der Waals surface area contributed by atoms with E-state index in [-0.39, 0.29) is 16.3 Å². The van der Waals surface area contributed by atoms with Crippen LogP contribution in [-0.2, 0) is 10.0 Å². The fourth-order valence-electron chi connectivity index (χ4n) is 2.77. The minimum Gasteiger partial charge on any atom is -0.481 e. The summed E-state index contributed by atoms with van der Waals surface area (Å²) in [4.78, 5) is 16.5. The molecule has 0 aliphatic carbocycles. The van der Waals surface area contributed by atoms with Crippen LogP contribution >= 0.6 is 0 Å². The highest BCUT2D eigenvalue weighted by molar-refractivity contribution is 7.92. The molecule has 1 aliphatic rings. The fourth-order valence-corrected chi connectivity index (χ4v) is 3.83. The third-order valence-corrected chi connectivity index (χ3v) is 5.49. The number of pyridine rings is 1. The Morgan fingerprint density at radius 1 is 1.26 bits per heavy atom. The van der Waals surface area contributed by atoms with E-state index < -0.39 is 14.9 Å². The number of piperazine rings is 1. The van der Waals surface area contributed by atoms with E-state index in [0.29, 0.717) is 37.7 Å². The summed E-state index contributed by atoms with van der Waals surface area (Å²) in [7, 11) is -2.55. The lowest BCUT2D eigenvalue weighted by atomic mass is 10.2. The van der Waals surface area contributed by atoms with Crippen LogP contribution in [0.15, 0.2) is 41.4 Å². The van der Waals surface area contributed by atoms with Crippen molar-refractivity contribution in [3.8, 4) is 5.88 Å². The van der Waals surface area contributed by atoms with E-state index in [4.69, 9.17) is 4.74 Å². The van der Waals surface area contributed by atoms with Crippen molar-refractivity contribution in [1.82, 2.24) is 10.3 Å². The quantitative estimate of drug-likeness (QED) is 0.554. The predicted molar refractivity (Wildman–Crippen MR) is 99.8 cm³/mol. The molecule has 11 heteroatoms. The summed E-state index contributed by atoms with van der Waals surface area (Å²) in [6.07, 6.45) is 1.31. The molecule has 2 heterocycles. The minimum absolute atomic E-state index is 0.191. The van der Waals surface area contributed by atoms with Crippen LogP contribution in [0, 0.1) is 10.1 Å². The highest BCUT2D eigenvalue weighted by Crippen LogP contribution is 2.31. The number of nitrogens with one attached hydrogen (secondary N) is 2. The molecule has 144 valence electrons. The van der Waals surface area contributed by atoms with Gasteiger partial charge in [0.2, 0.25) is 5.88 Å². The maximum Gasteiger partial charge on any atom is 0.293 e. The summed E-state index contributed by atoms with van der Waals surface area (Å²) in [6, 6.07) is 6.92. The summed E-state index contributed by atoms with van der Waals surface area (Å²) in [5.74, 6) is 0.342. The van der Waals surface area contributed by atoms with Crippen molar-refractivity contribution in [3.63, 3.8) is 0 Å². The Labute approximate surface area is 156 Å². The average Bonchev–Trinajstić information content (AvgIpc) is 2.68. The smallest absolute Gasteiger partial charge is 0.293 e. The van der Waals surface area contributed by atoms with Crippen LogP contribution < -0.4 is 19.7 Å². The topological polar surface area (TPSA) is 127 Å². The second kappa shape index (κ2) is 7.76. The molecule has 10 nitrogen and oxygen atoms in total. The number of aromatic nitrogens is 1. The van der Waals surface area contributed by atoms with Crippen LogP contribution in [0.3, 0.4) is 0 Å². The Morgan fingerprint density at radius 2 is 2.00 bits per heavy atom. The number of anilines is 2. The van der Waals surface area contributed by atoms with Gasteiger partial charge < -0.3 is 15.0 Å². The maximum absolute atomic E-state index is 12.6. The van der Waals surface area contributed by atoms with Gasteiger partial charge in [0.25, 0.3) is 15.7 Å². The Kier molecular flexibility index (Phi) is 5.42. The van der Waals surface area contributed by atoms with Gasteiger partial charge in [-0.25, -0.2) is 13.4 Å². The van der Waals surface area contributed by atoms with E-state index in [1.54, 1.807) is 0 Å². The molecular weight excluding hydrogens is 374 g/mol. The molecule has 0 saturated carbocycles. The third-order valence-electron chi connectivity index (χ3n) is 4.11. The van der Waals surface area contributed by atoms with Gasteiger partial charge in [0.05, 0.1) is 28.8 Å². The number of hydrogen-bond acceptors (Lipinski definition) is 8. The van der Waals surface area contributed by atoms with Crippen molar-refractivity contribution in [3.05, 3.63) is 46.6 Å². The third kappa shape index (κ3) is 4.26. The molecule has 1 fully saturated rings. The predicted octanol–water partition coefficient (Wildman–Crippen LogP) is 1.21. The zero-order valence-corrected chi connectivity index (χ0v) is 15.4. The molecule has 27 heavy (non-hydrogen) atoms. The lowest BCUT2D eigenvalue weighted by Crippen LogP contribution is -2.43. The number of rotatable bonds is 6. The van der Waals surface area contributed by atoms with Gasteiger partial charge in [-0.2, -0.15) is 0 Å². The summed E-state index contributed by atoms with van der Waals surface area (Å²) in [6.45, 7) is 2.65. The van der Waals surface area contributed by atoms with Crippen LogP contribution in [0.1, 0.15) is 0 Å². The second-order valence-corrected chi connectivity index (χ2v) is 7.52. The van der Waals surface area contributed by atoms with Crippen LogP contribution in [-0.4, -0.2) is 51.6 Å². The molecule has 1 aliphatic heterocycles. The highest BCUT2D eigenvalue weighted by atomic mass is 32.2. The number of ether oxygens (including phenoxy) is 1. The van der Waals surface area contributed by atoms with E-state index in [2.05, 4.69) is 15.0 Å². The van der Waals surface area contributed by atoms with Crippen molar-refractivity contribution >= 4 is 27.1 Å². The molecule has 0 radical (unpaired) electrons. The number of sulfonamides is 1. The fraction of sp³-hybridized carbons (Fsp3) is 0.312. The van der Waals surface area contributed by atoms with Crippen molar-refractivity contribution in [2.75, 3.05) is 42.9 Å². The molecule has 0 spiro atoms. The van der Waals surface area contributed by atoms with Crippen LogP contribution in [0.2, 0.25) is 0 Å². The number of benzene rings is 1. The van der Waals surface area contributed by atoms with E-state index in [0.717, 1.165) is 6.07 Å². The molecule has 2 N–H and O–H groups in total. The first kappa shape index (κ1) is 18.9. The number of methoxy groups -OCH3 is 1. The molecule has 1 aromatic heterocycles. The second-order valence-electron chi connectivity index (χ2n) is 5.84. The lowest BCUT2D eigenvalue weighted by Gasteiger charge is -2.29. The molecule has 1 saturated heterocycles. The van der Waals surface area contributed by atoms with E-state index in [1.165, 1.54) is 37.6 Å². The molecule has 0 unspecified atom stereocenters. The minimum atomic E-state index is -4.00. The Hall–Kier alpha value is -2.92. The molecule has 0 bridgehead atoms. The van der Waals surface area contributed by atoms with Crippen molar-refractivity contribution in [2.24, 2.45) is 0 Å². The number of nitrogens with zero attached hydrogens (tertiary/aromatic N) is 3. The summed E-state index contributed by atoms with van der Waals surface area (Å²) < 4.78 is 32.5. The molecular formula is C16H19N5O5S.